The molecule has 0 atom stereocenters. The summed E-state index contributed by atoms with van der Waals surface area (Å²) in [6.07, 6.45) is 0. The Balaban J connectivity index is 2.51. The molecule has 0 aliphatic heterocycles. The summed E-state index contributed by atoms with van der Waals surface area (Å²) in [4.78, 5) is 22.3. The number of hydrogen-bond donors (Lipinski definition) is 2. The van der Waals surface area contributed by atoms with E-state index in [0.717, 1.165) is 5.39 Å². The molecule has 18 heavy (non-hydrogen) atoms. The van der Waals surface area contributed by atoms with Crippen molar-refractivity contribution in [3.05, 3.63) is 46.3 Å². The van der Waals surface area contributed by atoms with Gasteiger partial charge in [0.15, 0.2) is 0 Å². The monoisotopic (exact) mass is 245 g/mol. The van der Waals surface area contributed by atoms with Crippen LogP contribution in [-0.2, 0) is 0 Å². The molecule has 0 unspecified atom stereocenters. The van der Waals surface area contributed by atoms with Crippen molar-refractivity contribution >= 4 is 22.7 Å². The van der Waals surface area contributed by atoms with Crippen molar-refractivity contribution in [2.75, 3.05) is 0 Å². The number of hydrogen-bond acceptors (Lipinski definition) is 4. The van der Waals surface area contributed by atoms with E-state index in [1.54, 1.807) is 25.1 Å². The summed E-state index contributed by atoms with van der Waals surface area (Å²) in [5, 5.41) is 4.47. The van der Waals surface area contributed by atoms with Crippen molar-refractivity contribution in [2.24, 2.45) is 10.8 Å². The van der Waals surface area contributed by atoms with E-state index in [4.69, 9.17) is 10.2 Å². The number of amides is 2. The maximum atomic E-state index is 11.7. The number of para-hydroxylation sites is 1. The van der Waals surface area contributed by atoms with Gasteiger partial charge in [-0.05, 0) is 19.1 Å². The summed E-state index contributed by atoms with van der Waals surface area (Å²) in [6.45, 7) is 1.58. The minimum Gasteiger partial charge on any atom is -0.422 e. The predicted molar refractivity (Wildman–Crippen MR) is 67.4 cm³/mol. The van der Waals surface area contributed by atoms with Crippen molar-refractivity contribution in [1.29, 1.82) is 0 Å². The Kier molecular flexibility index (Phi) is 3.09. The molecule has 2 rings (SSSR count). The molecule has 1 aromatic heterocycles. The quantitative estimate of drug-likeness (QED) is 0.472. The molecular formula is C12H11N3O3. The van der Waals surface area contributed by atoms with Crippen LogP contribution in [0.3, 0.4) is 0 Å². The van der Waals surface area contributed by atoms with Gasteiger partial charge in [-0.3, -0.25) is 0 Å². The molecule has 0 fully saturated rings. The average molecular weight is 245 g/mol. The van der Waals surface area contributed by atoms with Crippen LogP contribution in [-0.4, -0.2) is 11.7 Å². The Bertz CT molecular complexity index is 688. The number of urea groups is 1. The third-order valence-corrected chi connectivity index (χ3v) is 2.37. The fourth-order valence-electron chi connectivity index (χ4n) is 1.51. The lowest BCUT2D eigenvalue weighted by molar-refractivity contribution is 0.249. The first-order valence-corrected chi connectivity index (χ1v) is 5.21. The molecule has 1 aromatic carbocycles. The second kappa shape index (κ2) is 4.70. The van der Waals surface area contributed by atoms with E-state index in [2.05, 4.69) is 10.5 Å². The molecule has 1 heterocycles. The molecule has 0 aliphatic rings. The van der Waals surface area contributed by atoms with Crippen LogP contribution in [0.4, 0.5) is 4.79 Å². The number of benzene rings is 1. The number of nitrogens with two attached hydrogens (primary N) is 1. The molecule has 0 bridgehead atoms. The molecule has 3 N–H and O–H groups in total. The van der Waals surface area contributed by atoms with Gasteiger partial charge in [0, 0.05) is 5.39 Å². The van der Waals surface area contributed by atoms with Crippen LogP contribution in [0, 0.1) is 0 Å². The highest BCUT2D eigenvalue weighted by atomic mass is 16.4. The zero-order chi connectivity index (χ0) is 13.1. The first-order valence-electron chi connectivity index (χ1n) is 5.21. The molecule has 2 aromatic rings. The Labute approximate surface area is 102 Å². The number of carbonyl (C=O) groups is 1. The Morgan fingerprint density at radius 3 is 2.83 bits per heavy atom. The Morgan fingerprint density at radius 1 is 1.39 bits per heavy atom. The molecule has 0 aliphatic carbocycles. The molecule has 0 radical (unpaired) electrons. The van der Waals surface area contributed by atoms with Crippen LogP contribution >= 0.6 is 0 Å². The van der Waals surface area contributed by atoms with E-state index in [0.29, 0.717) is 11.3 Å². The third-order valence-electron chi connectivity index (χ3n) is 2.37. The van der Waals surface area contributed by atoms with E-state index in [9.17, 15) is 9.59 Å². The van der Waals surface area contributed by atoms with Gasteiger partial charge in [-0.15, -0.1) is 0 Å². The standard InChI is InChI=1S/C12H11N3O3/c1-7(14-15-12(13)17)9-6-8-4-2-3-5-10(8)18-11(9)16/h2-6H,1H3,(H3,13,15,17). The molecule has 2 amide bonds. The van der Waals surface area contributed by atoms with Crippen LogP contribution in [0.15, 0.2) is 44.6 Å². The van der Waals surface area contributed by atoms with Gasteiger partial charge in [0.2, 0.25) is 0 Å². The number of fused-ring (bicyclic) bond motifs is 1. The Morgan fingerprint density at radius 2 is 2.11 bits per heavy atom. The predicted octanol–water partition coefficient (Wildman–Crippen LogP) is 1.19. The van der Waals surface area contributed by atoms with Gasteiger partial charge >= 0.3 is 11.7 Å². The second-order valence-corrected chi connectivity index (χ2v) is 3.66. The second-order valence-electron chi connectivity index (χ2n) is 3.66. The molecular weight excluding hydrogens is 234 g/mol. The van der Waals surface area contributed by atoms with Gasteiger partial charge in [-0.25, -0.2) is 15.0 Å². The lowest BCUT2D eigenvalue weighted by Gasteiger charge is -2.01. The Hall–Kier alpha value is -2.63. The minimum absolute atomic E-state index is 0.280. The minimum atomic E-state index is -0.792. The van der Waals surface area contributed by atoms with Gasteiger partial charge in [-0.1, -0.05) is 18.2 Å². The lowest BCUT2D eigenvalue weighted by atomic mass is 10.1. The van der Waals surface area contributed by atoms with Gasteiger partial charge in [0.25, 0.3) is 0 Å². The maximum absolute atomic E-state index is 11.7. The van der Waals surface area contributed by atoms with Crippen LogP contribution in [0.2, 0.25) is 0 Å². The smallest absolute Gasteiger partial charge is 0.345 e. The SMILES string of the molecule is CC(=NNC(N)=O)c1cc2ccccc2oc1=O. The zero-order valence-electron chi connectivity index (χ0n) is 9.64. The number of nitrogens with zero attached hydrogens (tertiary/aromatic N) is 1. The molecule has 0 saturated heterocycles. The van der Waals surface area contributed by atoms with Gasteiger partial charge in [0.1, 0.15) is 5.58 Å². The number of carbonyl (C=O) groups excluding carboxylic acids is 1. The molecule has 0 saturated carbocycles. The van der Waals surface area contributed by atoms with Gasteiger partial charge in [0.05, 0.1) is 11.3 Å². The van der Waals surface area contributed by atoms with Crippen molar-refractivity contribution in [3.63, 3.8) is 0 Å². The molecule has 6 nitrogen and oxygen atoms in total. The first kappa shape index (κ1) is 11.8. The summed E-state index contributed by atoms with van der Waals surface area (Å²) in [7, 11) is 0. The maximum Gasteiger partial charge on any atom is 0.345 e. The summed E-state index contributed by atoms with van der Waals surface area (Å²) in [5.41, 5.74) is 7.55. The summed E-state index contributed by atoms with van der Waals surface area (Å²) >= 11 is 0. The highest BCUT2D eigenvalue weighted by Crippen LogP contribution is 2.12. The van der Waals surface area contributed by atoms with E-state index in [-0.39, 0.29) is 5.56 Å². The normalized spacial score (nSPS) is 11.5. The van der Waals surface area contributed by atoms with E-state index in [1.807, 2.05) is 12.1 Å². The van der Waals surface area contributed by atoms with Gasteiger partial charge < -0.3 is 10.2 Å². The highest BCUT2D eigenvalue weighted by Gasteiger charge is 2.08. The van der Waals surface area contributed by atoms with Crippen LogP contribution in [0.25, 0.3) is 11.0 Å². The zero-order valence-corrected chi connectivity index (χ0v) is 9.64. The van der Waals surface area contributed by atoms with E-state index in [1.165, 1.54) is 0 Å². The van der Waals surface area contributed by atoms with Crippen molar-refractivity contribution < 1.29 is 9.21 Å². The molecule has 6 heteroatoms. The number of rotatable bonds is 2. The topological polar surface area (TPSA) is 97.7 Å². The first-order chi connectivity index (χ1) is 8.58. The largest absolute Gasteiger partial charge is 0.422 e. The van der Waals surface area contributed by atoms with Gasteiger partial charge in [-0.2, -0.15) is 5.10 Å². The number of primary amides is 1. The van der Waals surface area contributed by atoms with Crippen LogP contribution in [0.5, 0.6) is 0 Å². The summed E-state index contributed by atoms with van der Waals surface area (Å²) < 4.78 is 5.14. The summed E-state index contributed by atoms with van der Waals surface area (Å²) in [6, 6.07) is 7.99. The van der Waals surface area contributed by atoms with E-state index >= 15 is 0 Å². The number of hydrazone groups is 1. The van der Waals surface area contributed by atoms with Crippen molar-refractivity contribution in [3.8, 4) is 0 Å². The van der Waals surface area contributed by atoms with Crippen molar-refractivity contribution in [1.82, 2.24) is 5.43 Å². The fourth-order valence-corrected chi connectivity index (χ4v) is 1.51. The lowest BCUT2D eigenvalue weighted by Crippen LogP contribution is -2.26. The number of nitrogens with one attached hydrogen (secondary N) is 1. The molecule has 0 spiro atoms. The fraction of sp³-hybridized carbons (Fsp3) is 0.0833. The third kappa shape index (κ3) is 2.37. The van der Waals surface area contributed by atoms with E-state index < -0.39 is 11.7 Å². The van der Waals surface area contributed by atoms with Crippen molar-refractivity contribution in [2.45, 2.75) is 6.92 Å². The average Bonchev–Trinajstić information content (AvgIpc) is 2.35. The van der Waals surface area contributed by atoms with Crippen LogP contribution in [0.1, 0.15) is 12.5 Å². The highest BCUT2D eigenvalue weighted by molar-refractivity contribution is 6.00. The van der Waals surface area contributed by atoms with Crippen LogP contribution < -0.4 is 16.8 Å². The summed E-state index contributed by atoms with van der Waals surface area (Å²) in [5.74, 6) is 0. The molecule has 92 valence electrons.